The van der Waals surface area contributed by atoms with Gasteiger partial charge in [0.2, 0.25) is 0 Å². The second-order valence-corrected chi connectivity index (χ2v) is 3.12. The monoisotopic (exact) mass is 287 g/mol. The third kappa shape index (κ3) is 6.48. The first kappa shape index (κ1) is 22.7. The average molecular weight is 287 g/mol. The number of aliphatic hydroxyl groups is 3. The van der Waals surface area contributed by atoms with Gasteiger partial charge >= 0.3 is 0 Å². The van der Waals surface area contributed by atoms with Gasteiger partial charge in [-0.05, 0) is 0 Å². The number of allylic oxidation sites excluding steroid dienone is 1. The van der Waals surface area contributed by atoms with Gasteiger partial charge in [-0.15, -0.1) is 23.3 Å². The number of hydrogen-bond acceptors (Lipinski definition) is 3. The van der Waals surface area contributed by atoms with Crippen molar-refractivity contribution in [1.82, 2.24) is 0 Å². The van der Waals surface area contributed by atoms with Gasteiger partial charge in [-0.25, -0.2) is 0 Å². The number of hydrogen-bond donors (Lipinski definition) is 3. The van der Waals surface area contributed by atoms with Crippen LogP contribution in [0.3, 0.4) is 0 Å². The summed E-state index contributed by atoms with van der Waals surface area (Å²) in [5, 5.41) is 21.0. The number of benzene rings is 1. The van der Waals surface area contributed by atoms with Crippen molar-refractivity contribution in [1.29, 1.82) is 0 Å². The number of aliphatic hydroxyl groups excluding tert-OH is 3. The van der Waals surface area contributed by atoms with Gasteiger partial charge in [0.25, 0.3) is 0 Å². The zero-order chi connectivity index (χ0) is 13.8. The number of rotatable bonds is 0. The summed E-state index contributed by atoms with van der Waals surface area (Å²) in [6.07, 6.45) is 3.36. The van der Waals surface area contributed by atoms with Gasteiger partial charge in [-0.2, -0.15) is 17.7 Å². The molecule has 0 bridgehead atoms. The summed E-state index contributed by atoms with van der Waals surface area (Å²) in [4.78, 5) is 0. The van der Waals surface area contributed by atoms with Crippen LogP contribution in [0.25, 0.3) is 0 Å². The molecule has 3 N–H and O–H groups in total. The molecule has 1 aromatic carbocycles. The molecule has 3 nitrogen and oxygen atoms in total. The largest absolute Gasteiger partial charge is 0.400 e. The summed E-state index contributed by atoms with van der Waals surface area (Å²) in [5.41, 5.74) is 4.05. The van der Waals surface area contributed by atoms with Gasteiger partial charge in [0.05, 0.1) is 0 Å². The maximum Gasteiger partial charge on any atom is 0.0319 e. The van der Waals surface area contributed by atoms with Crippen molar-refractivity contribution in [3.05, 3.63) is 47.0 Å². The van der Waals surface area contributed by atoms with Gasteiger partial charge < -0.3 is 15.3 Å². The maximum absolute atomic E-state index is 7.00. The summed E-state index contributed by atoms with van der Waals surface area (Å²) < 4.78 is 0. The average Bonchev–Trinajstić information content (AvgIpc) is 2.73. The Balaban J connectivity index is -0.000000285. The molecule has 1 atom stereocenters. The van der Waals surface area contributed by atoms with E-state index in [-0.39, 0.29) is 21.7 Å². The van der Waals surface area contributed by atoms with Crippen LogP contribution in [0.1, 0.15) is 30.9 Å². The van der Waals surface area contributed by atoms with E-state index in [4.69, 9.17) is 15.3 Å². The minimum absolute atomic E-state index is 0. The quantitative estimate of drug-likeness (QED) is 0.503. The summed E-state index contributed by atoms with van der Waals surface area (Å²) >= 11 is 0. The second kappa shape index (κ2) is 14.6. The van der Waals surface area contributed by atoms with E-state index in [1.54, 1.807) is 0 Å². The molecule has 0 radical (unpaired) electrons. The fourth-order valence-electron chi connectivity index (χ4n) is 1.54. The van der Waals surface area contributed by atoms with Gasteiger partial charge in [0, 0.05) is 43.0 Å². The van der Waals surface area contributed by atoms with Gasteiger partial charge in [0.15, 0.2) is 0 Å². The first-order valence-corrected chi connectivity index (χ1v) is 5.32. The normalized spacial score (nSPS) is 14.0. The molecule has 1 aliphatic rings. The van der Waals surface area contributed by atoms with Crippen molar-refractivity contribution in [3.8, 4) is 0 Å². The van der Waals surface area contributed by atoms with Crippen LogP contribution < -0.4 is 0 Å². The van der Waals surface area contributed by atoms with E-state index in [0.717, 1.165) is 21.3 Å². The Morgan fingerprint density at radius 3 is 1.83 bits per heavy atom. The Kier molecular flexibility index (Phi) is 18.4. The summed E-state index contributed by atoms with van der Waals surface area (Å²) in [7, 11) is 3.00. The molecule has 0 saturated heterocycles. The van der Waals surface area contributed by atoms with Crippen molar-refractivity contribution in [2.24, 2.45) is 0 Å². The maximum atomic E-state index is 7.00. The summed E-state index contributed by atoms with van der Waals surface area (Å²) in [5.74, 6) is 0.575. The molecule has 0 aliphatic heterocycles. The molecule has 0 aromatic heterocycles. The standard InChI is InChI=1S/C11H11.3CH4O.Ti/c1-8-7-10-5-3-4-6-11(10)9(8)2;3*1-2;/h3-6,9H,1-2H3;3*2H,1H3;/q-1;;;;. The van der Waals surface area contributed by atoms with Crippen molar-refractivity contribution in [3.63, 3.8) is 0 Å². The van der Waals surface area contributed by atoms with Crippen molar-refractivity contribution in [2.45, 2.75) is 19.8 Å². The van der Waals surface area contributed by atoms with Gasteiger partial charge in [-0.1, -0.05) is 25.8 Å². The Labute approximate surface area is 125 Å². The molecule has 102 valence electrons. The van der Waals surface area contributed by atoms with Crippen LogP contribution in [0.5, 0.6) is 0 Å². The van der Waals surface area contributed by atoms with E-state index >= 15 is 0 Å². The molecule has 0 amide bonds. The fourth-order valence-corrected chi connectivity index (χ4v) is 1.54. The molecule has 0 saturated carbocycles. The summed E-state index contributed by atoms with van der Waals surface area (Å²) in [6, 6.07) is 8.47. The molecule has 0 fully saturated rings. The fraction of sp³-hybridized carbons (Fsp3) is 0.429. The topological polar surface area (TPSA) is 60.7 Å². The van der Waals surface area contributed by atoms with E-state index in [1.165, 1.54) is 16.7 Å². The first-order chi connectivity index (χ1) is 8.29. The molecular weight excluding hydrogens is 264 g/mol. The van der Waals surface area contributed by atoms with Crippen LogP contribution in [-0.4, -0.2) is 36.6 Å². The van der Waals surface area contributed by atoms with E-state index in [0.29, 0.717) is 5.92 Å². The van der Waals surface area contributed by atoms with Crippen LogP contribution in [0.15, 0.2) is 29.8 Å². The molecule has 1 aromatic rings. The SMILES string of the molecule is CC1=[C-]c2ccccc2C1C.CO.CO.CO.[Ti]. The molecule has 2 rings (SSSR count). The zero-order valence-corrected chi connectivity index (χ0v) is 13.3. The molecule has 0 spiro atoms. The van der Waals surface area contributed by atoms with Crippen LogP contribution >= 0.6 is 0 Å². The smallest absolute Gasteiger partial charge is 0.0319 e. The third-order valence-corrected chi connectivity index (χ3v) is 2.41. The van der Waals surface area contributed by atoms with Crippen LogP contribution in [-0.2, 0) is 21.7 Å². The minimum Gasteiger partial charge on any atom is -0.400 e. The number of fused-ring (bicyclic) bond motifs is 1. The Bertz CT molecular complexity index is 325. The second-order valence-electron chi connectivity index (χ2n) is 3.12. The van der Waals surface area contributed by atoms with Crippen LogP contribution in [0.4, 0.5) is 0 Å². The molecular formula is C14H23O3Ti-. The van der Waals surface area contributed by atoms with Gasteiger partial charge in [0.1, 0.15) is 0 Å². The van der Waals surface area contributed by atoms with Crippen molar-refractivity contribution < 1.29 is 37.0 Å². The predicted molar refractivity (Wildman–Crippen MR) is 70.8 cm³/mol. The molecule has 1 aliphatic carbocycles. The Hall–Kier alpha value is -0.446. The predicted octanol–water partition coefficient (Wildman–Crippen LogP) is 1.72. The van der Waals surface area contributed by atoms with E-state index < -0.39 is 0 Å². The molecule has 18 heavy (non-hydrogen) atoms. The van der Waals surface area contributed by atoms with Crippen LogP contribution in [0.2, 0.25) is 0 Å². The Morgan fingerprint density at radius 1 is 0.944 bits per heavy atom. The molecule has 1 unspecified atom stereocenters. The molecule has 4 heteroatoms. The van der Waals surface area contributed by atoms with Crippen molar-refractivity contribution >= 4 is 0 Å². The zero-order valence-electron chi connectivity index (χ0n) is 11.7. The third-order valence-electron chi connectivity index (χ3n) is 2.41. The van der Waals surface area contributed by atoms with E-state index in [1.807, 2.05) is 0 Å². The first-order valence-electron chi connectivity index (χ1n) is 5.32. The van der Waals surface area contributed by atoms with Crippen LogP contribution in [0, 0.1) is 6.08 Å². The van der Waals surface area contributed by atoms with E-state index in [2.05, 4.69) is 44.2 Å². The minimum atomic E-state index is 0. The van der Waals surface area contributed by atoms with Gasteiger partial charge in [-0.3, -0.25) is 0 Å². The summed E-state index contributed by atoms with van der Waals surface area (Å²) in [6.45, 7) is 4.37. The van der Waals surface area contributed by atoms with Crippen molar-refractivity contribution in [2.75, 3.05) is 21.3 Å². The molecule has 0 heterocycles. The Morgan fingerprint density at radius 2 is 1.39 bits per heavy atom. The van der Waals surface area contributed by atoms with E-state index in [9.17, 15) is 0 Å².